The SMILES string of the molecule is CC1Nc2c(O)cccc2S(=O)(=O)C1=O. The Balaban J connectivity index is 2.78. The third kappa shape index (κ3) is 1.29. The lowest BCUT2D eigenvalue weighted by atomic mass is 10.2. The fourth-order valence-electron chi connectivity index (χ4n) is 1.51. The Morgan fingerprint density at radius 3 is 2.73 bits per heavy atom. The molecule has 15 heavy (non-hydrogen) atoms. The van der Waals surface area contributed by atoms with Crippen LogP contribution < -0.4 is 5.32 Å². The summed E-state index contributed by atoms with van der Waals surface area (Å²) in [4.78, 5) is 11.2. The van der Waals surface area contributed by atoms with Crippen LogP contribution in [0.15, 0.2) is 23.1 Å². The lowest BCUT2D eigenvalue weighted by molar-refractivity contribution is -0.112. The monoisotopic (exact) mass is 227 g/mol. The number of carbonyl (C=O) groups is 1. The Morgan fingerprint density at radius 2 is 2.07 bits per heavy atom. The lowest BCUT2D eigenvalue weighted by Gasteiger charge is -2.23. The molecule has 2 rings (SSSR count). The van der Waals surface area contributed by atoms with Gasteiger partial charge in [0.05, 0.1) is 11.7 Å². The van der Waals surface area contributed by atoms with Gasteiger partial charge in [-0.15, -0.1) is 0 Å². The molecule has 0 saturated carbocycles. The van der Waals surface area contributed by atoms with Crippen LogP contribution in [0.3, 0.4) is 0 Å². The number of phenols is 1. The van der Waals surface area contributed by atoms with Gasteiger partial charge in [0.25, 0.3) is 5.12 Å². The lowest BCUT2D eigenvalue weighted by Crippen LogP contribution is -2.37. The molecule has 1 unspecified atom stereocenters. The second kappa shape index (κ2) is 2.96. The number of para-hydroxylation sites is 1. The zero-order valence-electron chi connectivity index (χ0n) is 7.89. The summed E-state index contributed by atoms with van der Waals surface area (Å²) < 4.78 is 23.3. The number of hydrogen-bond donors (Lipinski definition) is 2. The molecule has 0 aliphatic carbocycles. The minimum absolute atomic E-state index is 0.101. The summed E-state index contributed by atoms with van der Waals surface area (Å²) in [7, 11) is -3.95. The molecule has 0 amide bonds. The van der Waals surface area contributed by atoms with Crippen molar-refractivity contribution in [1.82, 2.24) is 0 Å². The Hall–Kier alpha value is -1.56. The van der Waals surface area contributed by atoms with E-state index in [-0.39, 0.29) is 16.3 Å². The number of anilines is 1. The number of sulfone groups is 1. The third-order valence-electron chi connectivity index (χ3n) is 2.27. The van der Waals surface area contributed by atoms with Crippen LogP contribution in [0.25, 0.3) is 0 Å². The van der Waals surface area contributed by atoms with Crippen molar-refractivity contribution in [1.29, 1.82) is 0 Å². The number of benzene rings is 1. The van der Waals surface area contributed by atoms with Gasteiger partial charge < -0.3 is 10.4 Å². The zero-order chi connectivity index (χ0) is 11.2. The molecule has 1 aromatic carbocycles. The van der Waals surface area contributed by atoms with E-state index in [0.717, 1.165) is 0 Å². The first-order valence-corrected chi connectivity index (χ1v) is 5.80. The highest BCUT2D eigenvalue weighted by Crippen LogP contribution is 2.35. The van der Waals surface area contributed by atoms with Gasteiger partial charge in [0, 0.05) is 0 Å². The summed E-state index contributed by atoms with van der Waals surface area (Å²) in [5, 5.41) is 11.2. The largest absolute Gasteiger partial charge is 0.506 e. The summed E-state index contributed by atoms with van der Waals surface area (Å²) >= 11 is 0. The highest BCUT2D eigenvalue weighted by molar-refractivity contribution is 8.06. The van der Waals surface area contributed by atoms with E-state index in [1.165, 1.54) is 25.1 Å². The molecule has 80 valence electrons. The number of rotatable bonds is 0. The van der Waals surface area contributed by atoms with Crippen LogP contribution in [0.2, 0.25) is 0 Å². The molecule has 0 spiro atoms. The smallest absolute Gasteiger partial charge is 0.272 e. The minimum Gasteiger partial charge on any atom is -0.506 e. The Labute approximate surface area is 86.7 Å². The minimum atomic E-state index is -3.95. The highest BCUT2D eigenvalue weighted by Gasteiger charge is 2.37. The first kappa shape index (κ1) is 9.97. The van der Waals surface area contributed by atoms with Crippen LogP contribution in [0.1, 0.15) is 6.92 Å². The molecule has 0 fully saturated rings. The van der Waals surface area contributed by atoms with Gasteiger partial charge in [0.15, 0.2) is 0 Å². The molecular weight excluding hydrogens is 218 g/mol. The number of nitrogens with one attached hydrogen (secondary N) is 1. The average Bonchev–Trinajstić information content (AvgIpc) is 2.17. The predicted molar refractivity (Wildman–Crippen MR) is 53.4 cm³/mol. The number of phenolic OH excluding ortho intramolecular Hbond substituents is 1. The van der Waals surface area contributed by atoms with Gasteiger partial charge in [0.2, 0.25) is 9.84 Å². The van der Waals surface area contributed by atoms with Gasteiger partial charge in [-0.25, -0.2) is 8.42 Å². The number of fused-ring (bicyclic) bond motifs is 1. The molecule has 0 saturated heterocycles. The summed E-state index contributed by atoms with van der Waals surface area (Å²) in [5.74, 6) is -0.171. The van der Waals surface area contributed by atoms with Crippen LogP contribution >= 0.6 is 0 Å². The molecule has 1 heterocycles. The standard InChI is InChI=1S/C9H9NO4S/c1-5-9(12)15(13,14)7-4-2-3-6(11)8(7)10-5/h2-5,10-11H,1H3. The van der Waals surface area contributed by atoms with Crippen molar-refractivity contribution in [3.63, 3.8) is 0 Å². The third-order valence-corrected chi connectivity index (χ3v) is 4.08. The maximum Gasteiger partial charge on any atom is 0.272 e. The molecule has 2 N–H and O–H groups in total. The highest BCUT2D eigenvalue weighted by atomic mass is 32.2. The van der Waals surface area contributed by atoms with Crippen LogP contribution in [0.5, 0.6) is 5.75 Å². The normalized spacial score (nSPS) is 23.0. The van der Waals surface area contributed by atoms with Gasteiger partial charge in [-0.1, -0.05) is 6.07 Å². The van der Waals surface area contributed by atoms with Gasteiger partial charge in [-0.2, -0.15) is 0 Å². The summed E-state index contributed by atoms with van der Waals surface area (Å²) in [6.07, 6.45) is 0. The molecular formula is C9H9NO4S. The van der Waals surface area contributed by atoms with Crippen molar-refractivity contribution >= 4 is 20.6 Å². The molecule has 0 aromatic heterocycles. The van der Waals surface area contributed by atoms with Crippen molar-refractivity contribution in [3.8, 4) is 5.75 Å². The maximum atomic E-state index is 11.7. The van der Waals surface area contributed by atoms with E-state index >= 15 is 0 Å². The van der Waals surface area contributed by atoms with Crippen molar-refractivity contribution in [2.45, 2.75) is 17.9 Å². The number of carbonyl (C=O) groups excluding carboxylic acids is 1. The van der Waals surface area contributed by atoms with Crippen molar-refractivity contribution in [2.75, 3.05) is 5.32 Å². The average molecular weight is 227 g/mol. The Bertz CT molecular complexity index is 535. The predicted octanol–water partition coefficient (Wildman–Crippen LogP) is 0.506. The van der Waals surface area contributed by atoms with Crippen molar-refractivity contribution in [3.05, 3.63) is 18.2 Å². The fourth-order valence-corrected chi connectivity index (χ4v) is 2.94. The van der Waals surface area contributed by atoms with Crippen LogP contribution in [-0.2, 0) is 14.6 Å². The fraction of sp³-hybridized carbons (Fsp3) is 0.222. The van der Waals surface area contributed by atoms with E-state index in [1.54, 1.807) is 0 Å². The molecule has 1 aromatic rings. The zero-order valence-corrected chi connectivity index (χ0v) is 8.71. The van der Waals surface area contributed by atoms with E-state index in [0.29, 0.717) is 0 Å². The summed E-state index contributed by atoms with van der Waals surface area (Å²) in [6, 6.07) is 3.21. The van der Waals surface area contributed by atoms with Gasteiger partial charge in [-0.05, 0) is 19.1 Å². The van der Waals surface area contributed by atoms with Crippen molar-refractivity contribution in [2.24, 2.45) is 0 Å². The number of hydrogen-bond acceptors (Lipinski definition) is 5. The van der Waals surface area contributed by atoms with E-state index in [2.05, 4.69) is 5.32 Å². The summed E-state index contributed by atoms with van der Waals surface area (Å²) in [5.41, 5.74) is 0.101. The van der Waals surface area contributed by atoms with Gasteiger partial charge >= 0.3 is 0 Å². The van der Waals surface area contributed by atoms with E-state index < -0.39 is 21.0 Å². The molecule has 1 aliphatic rings. The van der Waals surface area contributed by atoms with E-state index in [4.69, 9.17) is 0 Å². The topological polar surface area (TPSA) is 83.5 Å². The second-order valence-electron chi connectivity index (χ2n) is 3.34. The van der Waals surface area contributed by atoms with Gasteiger partial charge in [-0.3, -0.25) is 4.79 Å². The Morgan fingerprint density at radius 1 is 1.40 bits per heavy atom. The molecule has 1 atom stereocenters. The van der Waals surface area contributed by atoms with Crippen LogP contribution in [0, 0.1) is 0 Å². The quantitative estimate of drug-likeness (QED) is 0.631. The van der Waals surface area contributed by atoms with E-state index in [1.807, 2.05) is 0 Å². The van der Waals surface area contributed by atoms with E-state index in [9.17, 15) is 18.3 Å². The molecule has 0 radical (unpaired) electrons. The van der Waals surface area contributed by atoms with Gasteiger partial charge in [0.1, 0.15) is 10.6 Å². The molecule has 6 heteroatoms. The molecule has 1 aliphatic heterocycles. The van der Waals surface area contributed by atoms with Crippen molar-refractivity contribution < 1.29 is 18.3 Å². The first-order chi connectivity index (χ1) is 6.94. The molecule has 0 bridgehead atoms. The maximum absolute atomic E-state index is 11.7. The number of aromatic hydroxyl groups is 1. The molecule has 5 nitrogen and oxygen atoms in total. The summed E-state index contributed by atoms with van der Waals surface area (Å²) in [6.45, 7) is 1.44. The van der Waals surface area contributed by atoms with Crippen LogP contribution in [0.4, 0.5) is 5.69 Å². The second-order valence-corrected chi connectivity index (χ2v) is 5.19. The van der Waals surface area contributed by atoms with Crippen LogP contribution in [-0.4, -0.2) is 24.7 Å². The first-order valence-electron chi connectivity index (χ1n) is 4.32. The Kier molecular flexibility index (Phi) is 1.97.